The number of hydrogen-bond acceptors (Lipinski definition) is 5. The van der Waals surface area contributed by atoms with Crippen molar-refractivity contribution < 1.29 is 9.53 Å². The lowest BCUT2D eigenvalue weighted by Gasteiger charge is -2.08. The van der Waals surface area contributed by atoms with Gasteiger partial charge in [-0.15, -0.1) is 16.4 Å². The first-order valence-corrected chi connectivity index (χ1v) is 11.0. The maximum Gasteiger partial charge on any atom is 0.350 e. The van der Waals surface area contributed by atoms with Crippen LogP contribution >= 0.6 is 34.5 Å². The molecule has 0 saturated carbocycles. The van der Waals surface area contributed by atoms with Crippen molar-refractivity contribution in [2.45, 2.75) is 6.42 Å². The van der Waals surface area contributed by atoms with Crippen molar-refractivity contribution in [2.75, 3.05) is 6.61 Å². The van der Waals surface area contributed by atoms with E-state index in [1.54, 1.807) is 31.3 Å². The number of ether oxygens (including phenoxy) is 1. The number of carbonyl (C=O) groups excluding carboxylic acids is 1. The van der Waals surface area contributed by atoms with Crippen LogP contribution in [0, 0.1) is 0 Å². The first-order chi connectivity index (χ1) is 14.9. The maximum atomic E-state index is 12.9. The van der Waals surface area contributed by atoms with Gasteiger partial charge in [0.25, 0.3) is 5.24 Å². The minimum atomic E-state index is -0.528. The zero-order chi connectivity index (χ0) is 21.7. The summed E-state index contributed by atoms with van der Waals surface area (Å²) in [6, 6.07) is 14.4. The number of nitrogens with zero attached hydrogens (tertiary/aromatic N) is 3. The van der Waals surface area contributed by atoms with Crippen LogP contribution in [0.25, 0.3) is 26.8 Å². The number of fused-ring (bicyclic) bond motifs is 3. The molecule has 2 aromatic carbocycles. The second-order valence-electron chi connectivity index (χ2n) is 7.06. The van der Waals surface area contributed by atoms with E-state index in [4.69, 9.17) is 27.9 Å². The van der Waals surface area contributed by atoms with Gasteiger partial charge in [-0.3, -0.25) is 4.79 Å². The third-order valence-corrected chi connectivity index (χ3v) is 6.87. The number of para-hydroxylation sites is 1. The Morgan fingerprint density at radius 2 is 2.00 bits per heavy atom. The highest BCUT2D eigenvalue weighted by Gasteiger charge is 2.24. The third kappa shape index (κ3) is 3.39. The molecule has 31 heavy (non-hydrogen) atoms. The molecule has 0 amide bonds. The van der Waals surface area contributed by atoms with E-state index in [2.05, 4.69) is 5.10 Å². The first kappa shape index (κ1) is 20.1. The lowest BCUT2D eigenvalue weighted by atomic mass is 10.1. The van der Waals surface area contributed by atoms with Gasteiger partial charge in [-0.25, -0.2) is 14.0 Å². The zero-order valence-corrected chi connectivity index (χ0v) is 18.6. The molecule has 0 radical (unpaired) electrons. The van der Waals surface area contributed by atoms with Crippen LogP contribution in [-0.2, 0) is 13.5 Å². The molecule has 1 aliphatic heterocycles. The van der Waals surface area contributed by atoms with Crippen LogP contribution in [0.1, 0.15) is 15.9 Å². The summed E-state index contributed by atoms with van der Waals surface area (Å²) >= 11 is 13.5. The molecule has 4 aromatic rings. The SMILES string of the molecule is Cn1nc(-c2cc3c(s2)-c2ccc(C(=O)Cl)cc2OCC3)n(-c2ccccc2Cl)c1=O. The van der Waals surface area contributed by atoms with Crippen molar-refractivity contribution in [2.24, 2.45) is 7.05 Å². The summed E-state index contributed by atoms with van der Waals surface area (Å²) in [6.45, 7) is 0.468. The number of halogens is 2. The highest BCUT2D eigenvalue weighted by molar-refractivity contribution is 7.19. The van der Waals surface area contributed by atoms with Crippen molar-refractivity contribution >= 4 is 39.8 Å². The number of aromatic nitrogens is 3. The summed E-state index contributed by atoms with van der Waals surface area (Å²) in [7, 11) is 1.62. The molecule has 5 rings (SSSR count). The van der Waals surface area contributed by atoms with Gasteiger partial charge in [0.2, 0.25) is 0 Å². The number of hydrogen-bond donors (Lipinski definition) is 0. The molecule has 9 heteroatoms. The molecule has 6 nitrogen and oxygen atoms in total. The fraction of sp³-hybridized carbons (Fsp3) is 0.136. The lowest BCUT2D eigenvalue weighted by Crippen LogP contribution is -2.21. The van der Waals surface area contributed by atoms with Crippen LogP contribution in [0.15, 0.2) is 53.3 Å². The van der Waals surface area contributed by atoms with Gasteiger partial charge < -0.3 is 4.74 Å². The Hall–Kier alpha value is -2.87. The number of rotatable bonds is 3. The van der Waals surface area contributed by atoms with Gasteiger partial charge in [-0.1, -0.05) is 23.7 Å². The van der Waals surface area contributed by atoms with Crippen molar-refractivity contribution in [1.29, 1.82) is 0 Å². The van der Waals surface area contributed by atoms with E-state index in [0.29, 0.717) is 40.9 Å². The molecule has 1 aliphatic rings. The number of aryl methyl sites for hydroxylation is 1. The van der Waals surface area contributed by atoms with E-state index >= 15 is 0 Å². The standard InChI is InChI=1S/C22H15Cl2N3O3S/c1-26-22(29)27(16-5-3-2-4-15(16)23)21(25-26)18-11-12-8-9-30-17-10-13(20(24)28)6-7-14(17)19(12)31-18/h2-7,10-11H,8-9H2,1H3. The van der Waals surface area contributed by atoms with E-state index in [1.807, 2.05) is 24.3 Å². The highest BCUT2D eigenvalue weighted by atomic mass is 35.5. The van der Waals surface area contributed by atoms with Crippen molar-refractivity contribution in [3.63, 3.8) is 0 Å². The Morgan fingerprint density at radius 3 is 2.77 bits per heavy atom. The molecule has 0 fully saturated rings. The largest absolute Gasteiger partial charge is 0.493 e. The van der Waals surface area contributed by atoms with Gasteiger partial charge in [0.1, 0.15) is 5.75 Å². The molecule has 0 N–H and O–H groups in total. The van der Waals surface area contributed by atoms with Crippen molar-refractivity contribution in [3.8, 4) is 32.6 Å². The monoisotopic (exact) mass is 471 g/mol. The molecule has 0 unspecified atom stereocenters. The van der Waals surface area contributed by atoms with E-state index in [0.717, 1.165) is 20.9 Å². The summed E-state index contributed by atoms with van der Waals surface area (Å²) in [5.41, 5.74) is 2.66. The van der Waals surface area contributed by atoms with Gasteiger partial charge in [-0.2, -0.15) is 0 Å². The molecule has 3 heterocycles. The van der Waals surface area contributed by atoms with Crippen molar-refractivity contribution in [1.82, 2.24) is 14.3 Å². The fourth-order valence-corrected chi connectivity index (χ4v) is 5.20. The second-order valence-corrected chi connectivity index (χ2v) is 8.87. The normalized spacial score (nSPS) is 12.6. The van der Waals surface area contributed by atoms with Crippen LogP contribution in [0.3, 0.4) is 0 Å². The number of thiophene rings is 1. The maximum absolute atomic E-state index is 12.9. The zero-order valence-electron chi connectivity index (χ0n) is 16.3. The summed E-state index contributed by atoms with van der Waals surface area (Å²) in [6.07, 6.45) is 0.688. The fourth-order valence-electron chi connectivity index (χ4n) is 3.65. The van der Waals surface area contributed by atoms with Gasteiger partial charge in [-0.05, 0) is 53.6 Å². The van der Waals surface area contributed by atoms with Gasteiger partial charge in [0.15, 0.2) is 5.82 Å². The minimum absolute atomic E-state index is 0.277. The highest BCUT2D eigenvalue weighted by Crippen LogP contribution is 2.44. The van der Waals surface area contributed by atoms with Crippen LogP contribution in [0.2, 0.25) is 5.02 Å². The predicted molar refractivity (Wildman–Crippen MR) is 122 cm³/mol. The summed E-state index contributed by atoms with van der Waals surface area (Å²) in [4.78, 5) is 26.3. The summed E-state index contributed by atoms with van der Waals surface area (Å²) in [5, 5.41) is 4.42. The Bertz CT molecular complexity index is 1400. The molecule has 0 bridgehead atoms. The van der Waals surface area contributed by atoms with Gasteiger partial charge >= 0.3 is 5.69 Å². The Balaban J connectivity index is 1.69. The Morgan fingerprint density at radius 1 is 1.19 bits per heavy atom. The average molecular weight is 472 g/mol. The molecular formula is C22H15Cl2N3O3S. The van der Waals surface area contributed by atoms with Crippen molar-refractivity contribution in [3.05, 3.63) is 75.2 Å². The Labute approximate surface area is 191 Å². The Kier molecular flexibility index (Phi) is 4.97. The molecule has 2 aromatic heterocycles. The van der Waals surface area contributed by atoms with E-state index in [-0.39, 0.29) is 5.69 Å². The predicted octanol–water partition coefficient (Wildman–Crippen LogP) is 4.93. The minimum Gasteiger partial charge on any atom is -0.493 e. The van der Waals surface area contributed by atoms with Crippen LogP contribution in [0.4, 0.5) is 0 Å². The summed E-state index contributed by atoms with van der Waals surface area (Å²) < 4.78 is 8.69. The van der Waals surface area contributed by atoms with E-state index in [1.165, 1.54) is 20.6 Å². The van der Waals surface area contributed by atoms with Crippen LogP contribution in [0.5, 0.6) is 5.75 Å². The first-order valence-electron chi connectivity index (χ1n) is 9.45. The molecule has 0 saturated heterocycles. The average Bonchev–Trinajstić information content (AvgIpc) is 3.24. The molecule has 0 spiro atoms. The smallest absolute Gasteiger partial charge is 0.350 e. The lowest BCUT2D eigenvalue weighted by molar-refractivity contribution is 0.108. The van der Waals surface area contributed by atoms with Crippen LogP contribution in [-0.4, -0.2) is 26.2 Å². The quantitative estimate of drug-likeness (QED) is 0.397. The molecule has 0 aliphatic carbocycles. The topological polar surface area (TPSA) is 66.1 Å². The second kappa shape index (κ2) is 7.67. The third-order valence-electron chi connectivity index (χ3n) is 5.13. The van der Waals surface area contributed by atoms with Gasteiger partial charge in [0, 0.05) is 29.5 Å². The number of carbonyl (C=O) groups is 1. The number of benzene rings is 2. The molecule has 156 valence electrons. The summed E-state index contributed by atoms with van der Waals surface area (Å²) in [5.74, 6) is 1.14. The molecular weight excluding hydrogens is 457 g/mol. The van der Waals surface area contributed by atoms with Gasteiger partial charge in [0.05, 0.1) is 22.2 Å². The van der Waals surface area contributed by atoms with Crippen LogP contribution < -0.4 is 10.4 Å². The van der Waals surface area contributed by atoms with E-state index < -0.39 is 5.24 Å². The van der Waals surface area contributed by atoms with E-state index in [9.17, 15) is 9.59 Å². The molecule has 0 atom stereocenters.